The summed E-state index contributed by atoms with van der Waals surface area (Å²) in [7, 11) is 0. The Kier molecular flexibility index (Phi) is 3.67. The zero-order valence-corrected chi connectivity index (χ0v) is 7.66. The minimum absolute atomic E-state index is 0.513. The second-order valence-electron chi connectivity index (χ2n) is 2.71. The predicted octanol–water partition coefficient (Wildman–Crippen LogP) is 2.43. The lowest BCUT2D eigenvalue weighted by molar-refractivity contribution is -0.176. The van der Waals surface area contributed by atoms with Gasteiger partial charge in [0.15, 0.2) is 0 Å². The highest BCUT2D eigenvalue weighted by Gasteiger charge is 1.98. The lowest BCUT2D eigenvalue weighted by Crippen LogP contribution is -2.00. The molecule has 0 aliphatic rings. The molecule has 1 rings (SSSR count). The fourth-order valence-electron chi connectivity index (χ4n) is 0.984. The number of nitrogens with one attached hydrogen (secondary N) is 1. The summed E-state index contributed by atoms with van der Waals surface area (Å²) in [6, 6.07) is 9.24. The zero-order valence-electron chi connectivity index (χ0n) is 7.66. The minimum atomic E-state index is -1.02. The smallest absolute Gasteiger partial charge is 0.359 e. The molecule has 74 valence electrons. The van der Waals surface area contributed by atoms with E-state index in [9.17, 15) is 9.32 Å². The van der Waals surface area contributed by atoms with Crippen LogP contribution in [0.1, 0.15) is 6.92 Å². The molecule has 0 unspecified atom stereocenters. The lowest BCUT2D eigenvalue weighted by atomic mass is 10.3. The van der Waals surface area contributed by atoms with Gasteiger partial charge in [0.2, 0.25) is 0 Å². The SMILES string of the molecule is C/C(=C/C(=O)OF)Nc1ccccc1. The minimum Gasteiger partial charge on any atom is -0.359 e. The first-order valence-corrected chi connectivity index (χ1v) is 4.05. The third-order valence-corrected chi connectivity index (χ3v) is 1.53. The highest BCUT2D eigenvalue weighted by molar-refractivity contribution is 5.82. The maximum absolute atomic E-state index is 11.4. The van der Waals surface area contributed by atoms with Crippen molar-refractivity contribution in [1.82, 2.24) is 0 Å². The first-order chi connectivity index (χ1) is 6.72. The Morgan fingerprint density at radius 3 is 2.64 bits per heavy atom. The monoisotopic (exact) mass is 195 g/mol. The maximum Gasteiger partial charge on any atom is 0.374 e. The third kappa shape index (κ3) is 3.26. The highest BCUT2D eigenvalue weighted by atomic mass is 19.3. The predicted molar refractivity (Wildman–Crippen MR) is 51.0 cm³/mol. The largest absolute Gasteiger partial charge is 0.374 e. The van der Waals surface area contributed by atoms with Crippen LogP contribution in [-0.2, 0) is 9.74 Å². The van der Waals surface area contributed by atoms with Gasteiger partial charge in [-0.1, -0.05) is 18.2 Å². The van der Waals surface area contributed by atoms with Gasteiger partial charge in [-0.25, -0.2) is 9.74 Å². The first-order valence-electron chi connectivity index (χ1n) is 4.05. The summed E-state index contributed by atoms with van der Waals surface area (Å²) in [6.45, 7) is 1.64. The summed E-state index contributed by atoms with van der Waals surface area (Å²) in [5, 5.41) is 2.90. The fraction of sp³-hybridized carbons (Fsp3) is 0.100. The summed E-state index contributed by atoms with van der Waals surface area (Å²) < 4.78 is 11.4. The van der Waals surface area contributed by atoms with Gasteiger partial charge >= 0.3 is 5.97 Å². The van der Waals surface area contributed by atoms with Crippen LogP contribution in [0.2, 0.25) is 0 Å². The van der Waals surface area contributed by atoms with Crippen LogP contribution in [0.15, 0.2) is 42.1 Å². The van der Waals surface area contributed by atoms with Crippen molar-refractivity contribution in [3.63, 3.8) is 0 Å². The van der Waals surface area contributed by atoms with E-state index in [1.54, 1.807) is 6.92 Å². The van der Waals surface area contributed by atoms with Crippen LogP contribution in [0.25, 0.3) is 0 Å². The van der Waals surface area contributed by atoms with Gasteiger partial charge in [0.25, 0.3) is 0 Å². The zero-order chi connectivity index (χ0) is 10.4. The van der Waals surface area contributed by atoms with E-state index in [0.29, 0.717) is 5.70 Å². The van der Waals surface area contributed by atoms with E-state index in [-0.39, 0.29) is 0 Å². The van der Waals surface area contributed by atoms with Crippen molar-refractivity contribution in [3.8, 4) is 0 Å². The van der Waals surface area contributed by atoms with Crippen LogP contribution in [0.3, 0.4) is 0 Å². The second-order valence-corrected chi connectivity index (χ2v) is 2.71. The summed E-state index contributed by atoms with van der Waals surface area (Å²) in [5.74, 6) is -1.02. The van der Waals surface area contributed by atoms with Crippen molar-refractivity contribution >= 4 is 11.7 Å². The molecule has 14 heavy (non-hydrogen) atoms. The van der Waals surface area contributed by atoms with Crippen molar-refractivity contribution in [2.45, 2.75) is 6.92 Å². The first kappa shape index (κ1) is 10.2. The van der Waals surface area contributed by atoms with Crippen LogP contribution >= 0.6 is 0 Å². The molecule has 0 radical (unpaired) electrons. The molecule has 0 spiro atoms. The van der Waals surface area contributed by atoms with Gasteiger partial charge in [0, 0.05) is 22.0 Å². The van der Waals surface area contributed by atoms with Crippen LogP contribution in [0.5, 0.6) is 0 Å². The topological polar surface area (TPSA) is 38.3 Å². The number of carbonyl (C=O) groups excluding carboxylic acids is 1. The van der Waals surface area contributed by atoms with Gasteiger partial charge in [-0.15, -0.1) is 0 Å². The number of hydrogen-bond donors (Lipinski definition) is 1. The number of benzene rings is 1. The van der Waals surface area contributed by atoms with Crippen molar-refractivity contribution < 1.29 is 14.3 Å². The number of halogens is 1. The van der Waals surface area contributed by atoms with Crippen LogP contribution in [0.4, 0.5) is 10.2 Å². The van der Waals surface area contributed by atoms with E-state index < -0.39 is 5.97 Å². The number of anilines is 1. The second kappa shape index (κ2) is 5.01. The average molecular weight is 195 g/mol. The number of rotatable bonds is 3. The Hall–Kier alpha value is -1.84. The summed E-state index contributed by atoms with van der Waals surface area (Å²) >= 11 is 0. The molecule has 0 fully saturated rings. The van der Waals surface area contributed by atoms with Crippen LogP contribution in [0, 0.1) is 0 Å². The lowest BCUT2D eigenvalue weighted by Gasteiger charge is -2.04. The Bertz CT molecular complexity index is 335. The molecule has 0 bridgehead atoms. The summed E-state index contributed by atoms with van der Waals surface area (Å²) in [4.78, 5) is 13.5. The van der Waals surface area contributed by atoms with Crippen LogP contribution < -0.4 is 5.32 Å². The van der Waals surface area contributed by atoms with E-state index in [4.69, 9.17) is 0 Å². The van der Waals surface area contributed by atoms with Gasteiger partial charge in [0.05, 0.1) is 0 Å². The Morgan fingerprint density at radius 1 is 1.43 bits per heavy atom. The quantitative estimate of drug-likeness (QED) is 0.753. The van der Waals surface area contributed by atoms with Crippen molar-refractivity contribution in [2.24, 2.45) is 0 Å². The Balaban J connectivity index is 2.61. The molecule has 4 heteroatoms. The number of allylic oxidation sites excluding steroid dienone is 1. The molecule has 0 saturated heterocycles. The van der Waals surface area contributed by atoms with E-state index in [1.165, 1.54) is 0 Å². The third-order valence-electron chi connectivity index (χ3n) is 1.53. The molecule has 0 saturated carbocycles. The van der Waals surface area contributed by atoms with Crippen molar-refractivity contribution in [1.29, 1.82) is 0 Å². The number of para-hydroxylation sites is 1. The van der Waals surface area contributed by atoms with Gasteiger partial charge < -0.3 is 5.32 Å². The maximum atomic E-state index is 11.4. The van der Waals surface area contributed by atoms with E-state index in [0.717, 1.165) is 11.8 Å². The molecular formula is C10H10FNO2. The molecule has 0 amide bonds. The molecule has 1 aromatic carbocycles. The van der Waals surface area contributed by atoms with Crippen LogP contribution in [-0.4, -0.2) is 5.97 Å². The fourth-order valence-corrected chi connectivity index (χ4v) is 0.984. The Labute approximate surface area is 81.1 Å². The molecule has 0 aliphatic heterocycles. The van der Waals surface area contributed by atoms with Gasteiger partial charge in [-0.2, -0.15) is 0 Å². The Morgan fingerprint density at radius 2 is 2.07 bits per heavy atom. The molecule has 3 nitrogen and oxygen atoms in total. The molecule has 0 heterocycles. The van der Waals surface area contributed by atoms with Gasteiger partial charge in [0.1, 0.15) is 0 Å². The molecule has 0 atom stereocenters. The number of carbonyl (C=O) groups is 1. The standard InChI is InChI=1S/C10H10FNO2/c1-8(7-10(13)14-11)12-9-5-3-2-4-6-9/h2-7,12H,1H3/b8-7-. The van der Waals surface area contributed by atoms with E-state index in [1.807, 2.05) is 30.3 Å². The van der Waals surface area contributed by atoms with Gasteiger partial charge in [-0.3, -0.25) is 0 Å². The molecular weight excluding hydrogens is 185 g/mol. The van der Waals surface area contributed by atoms with Crippen molar-refractivity contribution in [2.75, 3.05) is 5.32 Å². The molecule has 1 aromatic rings. The van der Waals surface area contributed by atoms with E-state index >= 15 is 0 Å². The normalized spacial score (nSPS) is 10.9. The highest BCUT2D eigenvalue weighted by Crippen LogP contribution is 2.08. The molecule has 1 N–H and O–H groups in total. The molecule has 0 aromatic heterocycles. The average Bonchev–Trinajstić information content (AvgIpc) is 2.19. The number of hydrogen-bond acceptors (Lipinski definition) is 3. The van der Waals surface area contributed by atoms with E-state index in [2.05, 4.69) is 10.3 Å². The van der Waals surface area contributed by atoms with Gasteiger partial charge in [-0.05, 0) is 19.1 Å². The molecule has 0 aliphatic carbocycles. The summed E-state index contributed by atoms with van der Waals surface area (Å²) in [6.07, 6.45) is 1.03. The van der Waals surface area contributed by atoms with Crippen molar-refractivity contribution in [3.05, 3.63) is 42.1 Å². The summed E-state index contributed by atoms with van der Waals surface area (Å²) in [5.41, 5.74) is 1.34.